The predicted octanol–water partition coefficient (Wildman–Crippen LogP) is 1.40. The number of anilines is 1. The van der Waals surface area contributed by atoms with Crippen molar-refractivity contribution in [3.8, 4) is 11.1 Å². The van der Waals surface area contributed by atoms with Crippen LogP contribution in [0.2, 0.25) is 0 Å². The molecule has 0 aliphatic carbocycles. The average Bonchev–Trinajstić information content (AvgIpc) is 3.61. The molecule has 0 radical (unpaired) electrons. The van der Waals surface area contributed by atoms with Gasteiger partial charge < -0.3 is 14.7 Å². The van der Waals surface area contributed by atoms with E-state index in [9.17, 15) is 13.2 Å². The summed E-state index contributed by atoms with van der Waals surface area (Å²) < 4.78 is 45.8. The molecule has 0 saturated carbocycles. The number of halogens is 1. The van der Waals surface area contributed by atoms with Crippen LogP contribution in [0.5, 0.6) is 0 Å². The topological polar surface area (TPSA) is 149 Å². The minimum Gasteiger partial charge on any atom is -0.442 e. The molecular weight excluding hydrogens is 507 g/mol. The third-order valence-electron chi connectivity index (χ3n) is 5.95. The zero-order valence-corrected chi connectivity index (χ0v) is 20.3. The molecule has 1 aromatic carbocycles. The SMILES string of the molecule is O=C1O[C@@H](Cn2ccnn2)CN1c1ccc(-c2ccc(C3=NOC(CS(=O)(=O)CCO)C3)nc2)c(F)c1. The Morgan fingerprint density at radius 3 is 2.76 bits per heavy atom. The summed E-state index contributed by atoms with van der Waals surface area (Å²) in [5.74, 6) is -1.11. The summed E-state index contributed by atoms with van der Waals surface area (Å²) >= 11 is 0. The number of ether oxygens (including phenoxy) is 1. The normalized spacial score (nSPS) is 19.6. The van der Waals surface area contributed by atoms with Crippen molar-refractivity contribution in [3.05, 3.63) is 60.4 Å². The van der Waals surface area contributed by atoms with Gasteiger partial charge in [-0.05, 0) is 24.3 Å². The third-order valence-corrected chi connectivity index (χ3v) is 7.63. The maximum atomic E-state index is 15.0. The Hall–Kier alpha value is -3.91. The standard InChI is InChI=1S/C23H23FN6O6S/c24-20-9-16(30-13-18(35-23(30)32)12-29-6-5-26-28-29)2-3-19(20)15-1-4-21(25-11-15)22-10-17(36-27-22)14-37(33,34)8-7-31/h1-6,9,11,17-18,31H,7-8,10,12-14H2/t17?,18-/m0/s1. The van der Waals surface area contributed by atoms with Crippen LogP contribution >= 0.6 is 0 Å². The number of rotatable bonds is 9. The van der Waals surface area contributed by atoms with Gasteiger partial charge in [-0.2, -0.15) is 0 Å². The molecule has 2 atom stereocenters. The Balaban J connectivity index is 1.24. The van der Waals surface area contributed by atoms with Crippen LogP contribution in [0, 0.1) is 5.82 Å². The van der Waals surface area contributed by atoms with E-state index < -0.39 is 40.6 Å². The highest BCUT2D eigenvalue weighted by atomic mass is 32.2. The second kappa shape index (κ2) is 10.2. The van der Waals surface area contributed by atoms with E-state index in [0.29, 0.717) is 34.8 Å². The van der Waals surface area contributed by atoms with Gasteiger partial charge in [-0.25, -0.2) is 22.3 Å². The molecule has 194 valence electrons. The van der Waals surface area contributed by atoms with Gasteiger partial charge in [-0.1, -0.05) is 16.4 Å². The maximum absolute atomic E-state index is 15.0. The van der Waals surface area contributed by atoms with Gasteiger partial charge in [0, 0.05) is 29.9 Å². The Morgan fingerprint density at radius 2 is 2.05 bits per heavy atom. The summed E-state index contributed by atoms with van der Waals surface area (Å²) in [4.78, 5) is 23.3. The molecule has 1 saturated heterocycles. The number of hydrogen-bond donors (Lipinski definition) is 1. The van der Waals surface area contributed by atoms with Gasteiger partial charge in [-0.3, -0.25) is 9.88 Å². The Labute approximate surface area is 211 Å². The van der Waals surface area contributed by atoms with E-state index in [-0.39, 0.29) is 24.5 Å². The lowest BCUT2D eigenvalue weighted by Gasteiger charge is -2.14. The second-order valence-electron chi connectivity index (χ2n) is 8.65. The van der Waals surface area contributed by atoms with E-state index in [2.05, 4.69) is 20.5 Å². The highest BCUT2D eigenvalue weighted by Gasteiger charge is 2.33. The van der Waals surface area contributed by atoms with Gasteiger partial charge in [-0.15, -0.1) is 5.10 Å². The number of benzene rings is 1. The summed E-state index contributed by atoms with van der Waals surface area (Å²) in [6, 6.07) is 7.81. The van der Waals surface area contributed by atoms with Gasteiger partial charge >= 0.3 is 6.09 Å². The fraction of sp³-hybridized carbons (Fsp3) is 0.348. The molecule has 5 rings (SSSR count). The molecule has 1 fully saturated rings. The van der Waals surface area contributed by atoms with E-state index in [1.165, 1.54) is 23.4 Å². The Kier molecular flexibility index (Phi) is 6.84. The largest absolute Gasteiger partial charge is 0.442 e. The molecule has 1 N–H and O–H groups in total. The number of aliphatic hydroxyl groups is 1. The monoisotopic (exact) mass is 530 g/mol. The van der Waals surface area contributed by atoms with Crippen molar-refractivity contribution < 1.29 is 32.3 Å². The van der Waals surface area contributed by atoms with E-state index >= 15 is 4.39 Å². The number of carbonyl (C=O) groups excluding carboxylic acids is 1. The number of amides is 1. The lowest BCUT2D eigenvalue weighted by atomic mass is 10.0. The minimum absolute atomic E-state index is 0.248. The number of sulfone groups is 1. The Morgan fingerprint density at radius 1 is 1.19 bits per heavy atom. The molecule has 4 heterocycles. The first-order valence-electron chi connectivity index (χ1n) is 11.4. The van der Waals surface area contributed by atoms with Crippen molar-refractivity contribution >= 4 is 27.3 Å². The van der Waals surface area contributed by atoms with Gasteiger partial charge in [0.25, 0.3) is 0 Å². The van der Waals surface area contributed by atoms with Crippen LogP contribution in [0.1, 0.15) is 12.1 Å². The summed E-state index contributed by atoms with van der Waals surface area (Å²) in [6.07, 6.45) is 3.29. The quantitative estimate of drug-likeness (QED) is 0.433. The van der Waals surface area contributed by atoms with Crippen molar-refractivity contribution in [1.82, 2.24) is 20.0 Å². The smallest absolute Gasteiger partial charge is 0.414 e. The molecule has 37 heavy (non-hydrogen) atoms. The van der Waals surface area contributed by atoms with Crippen LogP contribution in [-0.4, -0.2) is 82.2 Å². The first kappa shape index (κ1) is 24.8. The molecule has 1 unspecified atom stereocenters. The van der Waals surface area contributed by atoms with Gasteiger partial charge in [0.15, 0.2) is 9.84 Å². The lowest BCUT2D eigenvalue weighted by Crippen LogP contribution is -2.26. The highest BCUT2D eigenvalue weighted by Crippen LogP contribution is 2.29. The second-order valence-corrected chi connectivity index (χ2v) is 10.9. The molecule has 12 nitrogen and oxygen atoms in total. The number of oxime groups is 1. The zero-order valence-electron chi connectivity index (χ0n) is 19.5. The fourth-order valence-corrected chi connectivity index (χ4v) is 5.36. The first-order chi connectivity index (χ1) is 17.8. The number of carbonyl (C=O) groups is 1. The van der Waals surface area contributed by atoms with Gasteiger partial charge in [0.2, 0.25) is 0 Å². The third kappa shape index (κ3) is 5.59. The van der Waals surface area contributed by atoms with Crippen molar-refractivity contribution in [2.75, 3.05) is 29.6 Å². The summed E-state index contributed by atoms with van der Waals surface area (Å²) in [5.41, 5.74) is 2.16. The van der Waals surface area contributed by atoms with E-state index in [4.69, 9.17) is 14.7 Å². The first-order valence-corrected chi connectivity index (χ1v) is 13.3. The number of aliphatic hydroxyl groups excluding tert-OH is 1. The predicted molar refractivity (Wildman–Crippen MR) is 129 cm³/mol. The number of hydrogen-bond acceptors (Lipinski definition) is 10. The van der Waals surface area contributed by atoms with Crippen LogP contribution in [-0.2, 0) is 26.0 Å². The molecule has 0 bridgehead atoms. The number of pyridine rings is 1. The van der Waals surface area contributed by atoms with Crippen molar-refractivity contribution in [3.63, 3.8) is 0 Å². The van der Waals surface area contributed by atoms with Crippen LogP contribution in [0.3, 0.4) is 0 Å². The number of nitrogens with zero attached hydrogens (tertiary/aromatic N) is 6. The van der Waals surface area contributed by atoms with E-state index in [1.54, 1.807) is 35.1 Å². The zero-order chi connectivity index (χ0) is 26.0. The Bertz CT molecular complexity index is 1410. The van der Waals surface area contributed by atoms with Gasteiger partial charge in [0.1, 0.15) is 23.7 Å². The molecule has 2 aromatic heterocycles. The fourth-order valence-electron chi connectivity index (χ4n) is 4.17. The molecule has 2 aliphatic rings. The molecule has 0 spiro atoms. The molecular formula is C23H23FN6O6S. The number of aromatic nitrogens is 4. The van der Waals surface area contributed by atoms with E-state index in [1.807, 2.05) is 0 Å². The summed E-state index contributed by atoms with van der Waals surface area (Å²) in [6.45, 7) is 0.145. The molecule has 14 heteroatoms. The van der Waals surface area contributed by atoms with Crippen molar-refractivity contribution in [2.45, 2.75) is 25.2 Å². The van der Waals surface area contributed by atoms with Crippen LogP contribution < -0.4 is 4.90 Å². The maximum Gasteiger partial charge on any atom is 0.414 e. The average molecular weight is 531 g/mol. The highest BCUT2D eigenvalue weighted by molar-refractivity contribution is 7.91. The van der Waals surface area contributed by atoms with Crippen LogP contribution in [0.4, 0.5) is 14.9 Å². The van der Waals surface area contributed by atoms with Gasteiger partial charge in [0.05, 0.1) is 48.8 Å². The van der Waals surface area contributed by atoms with Crippen molar-refractivity contribution in [1.29, 1.82) is 0 Å². The lowest BCUT2D eigenvalue weighted by molar-refractivity contribution is 0.101. The molecule has 1 amide bonds. The number of cyclic esters (lactones) is 1. The summed E-state index contributed by atoms with van der Waals surface area (Å²) in [5, 5.41) is 20.4. The minimum atomic E-state index is -3.45. The van der Waals surface area contributed by atoms with Crippen LogP contribution in [0.25, 0.3) is 11.1 Å². The van der Waals surface area contributed by atoms with E-state index in [0.717, 1.165) is 0 Å². The summed E-state index contributed by atoms with van der Waals surface area (Å²) in [7, 11) is -3.45. The molecule has 3 aromatic rings. The van der Waals surface area contributed by atoms with Crippen LogP contribution in [0.15, 0.2) is 54.1 Å². The van der Waals surface area contributed by atoms with Crippen molar-refractivity contribution in [2.24, 2.45) is 5.16 Å². The molecule has 2 aliphatic heterocycles.